The molecule has 1 saturated heterocycles. The summed E-state index contributed by atoms with van der Waals surface area (Å²) in [4.78, 5) is 24.8. The molecule has 1 atom stereocenters. The van der Waals surface area contributed by atoms with Gasteiger partial charge in [-0.1, -0.05) is 55.1 Å². The summed E-state index contributed by atoms with van der Waals surface area (Å²) in [5.74, 6) is -0.478. The first-order chi connectivity index (χ1) is 13.3. The van der Waals surface area contributed by atoms with Gasteiger partial charge in [0.2, 0.25) is 5.12 Å². The van der Waals surface area contributed by atoms with Crippen molar-refractivity contribution in [3.63, 3.8) is 0 Å². The number of benzene rings is 1. The second-order valence-corrected chi connectivity index (χ2v) is 8.60. The van der Waals surface area contributed by atoms with Crippen molar-refractivity contribution >= 4 is 34.4 Å². The van der Waals surface area contributed by atoms with Crippen LogP contribution in [-0.2, 0) is 4.79 Å². The van der Waals surface area contributed by atoms with E-state index in [0.29, 0.717) is 24.2 Å². The summed E-state index contributed by atoms with van der Waals surface area (Å²) in [5, 5.41) is 2.42. The Bertz CT molecular complexity index is 736. The van der Waals surface area contributed by atoms with Gasteiger partial charge in [-0.3, -0.25) is 9.59 Å². The van der Waals surface area contributed by atoms with Gasteiger partial charge >= 0.3 is 6.30 Å². The smallest absolute Gasteiger partial charge is 0.352 e. The number of carbonyl (C=O) groups is 2. The number of nitrogens with zero attached hydrogens (tertiary/aromatic N) is 1. The van der Waals surface area contributed by atoms with E-state index in [1.165, 1.54) is 31.0 Å². The molecule has 0 radical (unpaired) electrons. The van der Waals surface area contributed by atoms with Crippen LogP contribution in [0, 0.1) is 5.92 Å². The Morgan fingerprint density at radius 2 is 1.89 bits per heavy atom. The summed E-state index contributed by atoms with van der Waals surface area (Å²) >= 11 is 6.74. The Hall–Kier alpha value is -1.25. The Labute approximate surface area is 171 Å². The van der Waals surface area contributed by atoms with Crippen molar-refractivity contribution in [1.29, 1.82) is 0 Å². The summed E-state index contributed by atoms with van der Waals surface area (Å²) in [7, 11) is 0. The summed E-state index contributed by atoms with van der Waals surface area (Å²) < 4.78 is 39.7. The molecular formula is C19H22ClF3N2O2S. The molecule has 4 nitrogen and oxygen atoms in total. The Morgan fingerprint density at radius 3 is 2.54 bits per heavy atom. The molecule has 1 heterocycles. The number of carbonyl (C=O) groups excluding carboxylic acids is 2. The van der Waals surface area contributed by atoms with E-state index in [-0.39, 0.29) is 21.0 Å². The number of rotatable bonds is 4. The molecule has 1 aliphatic heterocycles. The van der Waals surface area contributed by atoms with E-state index in [9.17, 15) is 22.8 Å². The quantitative estimate of drug-likeness (QED) is 0.527. The number of halogens is 4. The normalized spacial score (nSPS) is 22.3. The van der Waals surface area contributed by atoms with E-state index >= 15 is 0 Å². The highest BCUT2D eigenvalue weighted by Crippen LogP contribution is 2.42. The van der Waals surface area contributed by atoms with Gasteiger partial charge in [0.1, 0.15) is 6.04 Å². The van der Waals surface area contributed by atoms with Crippen LogP contribution >= 0.6 is 23.4 Å². The van der Waals surface area contributed by atoms with Crippen LogP contribution in [0.3, 0.4) is 0 Å². The molecule has 1 amide bonds. The summed E-state index contributed by atoms with van der Waals surface area (Å²) in [5.41, 5.74) is 0.218. The standard InChI is InChI=1S/C19H22ClF3N2O2S/c20-15-8-7-13(16-18(27)28-11-25(16)19(21,22)23)9-14(15)17(26)24-10-12-5-3-1-2-4-6-12/h7-9,12,16H,1-6,10-11H2,(H,24,26). The fourth-order valence-electron chi connectivity index (χ4n) is 3.74. The number of hydrogen-bond donors (Lipinski definition) is 1. The number of amides is 1. The van der Waals surface area contributed by atoms with E-state index in [2.05, 4.69) is 5.32 Å². The third-order valence-corrected chi connectivity index (χ3v) is 6.53. The lowest BCUT2D eigenvalue weighted by atomic mass is 10.00. The van der Waals surface area contributed by atoms with Crippen LogP contribution in [0.25, 0.3) is 0 Å². The summed E-state index contributed by atoms with van der Waals surface area (Å²) in [6, 6.07) is 2.59. The van der Waals surface area contributed by atoms with Crippen LogP contribution in [-0.4, -0.2) is 34.6 Å². The zero-order valence-corrected chi connectivity index (χ0v) is 16.8. The molecule has 1 unspecified atom stereocenters. The minimum atomic E-state index is -4.63. The molecule has 28 heavy (non-hydrogen) atoms. The molecule has 2 fully saturated rings. The van der Waals surface area contributed by atoms with E-state index in [0.717, 1.165) is 25.7 Å². The lowest BCUT2D eigenvalue weighted by molar-refractivity contribution is -0.247. The molecule has 9 heteroatoms. The molecule has 1 saturated carbocycles. The fourth-order valence-corrected chi connectivity index (χ4v) is 4.92. The van der Waals surface area contributed by atoms with Gasteiger partial charge < -0.3 is 5.32 Å². The molecular weight excluding hydrogens is 413 g/mol. The van der Waals surface area contributed by atoms with Gasteiger partial charge in [-0.25, -0.2) is 0 Å². The predicted molar refractivity (Wildman–Crippen MR) is 103 cm³/mol. The molecule has 1 aromatic carbocycles. The average molecular weight is 435 g/mol. The Balaban J connectivity index is 1.75. The van der Waals surface area contributed by atoms with Crippen molar-refractivity contribution < 1.29 is 22.8 Å². The Morgan fingerprint density at radius 1 is 1.21 bits per heavy atom. The highest BCUT2D eigenvalue weighted by Gasteiger charge is 2.49. The molecule has 0 aromatic heterocycles. The van der Waals surface area contributed by atoms with E-state index in [1.54, 1.807) is 0 Å². The maximum absolute atomic E-state index is 13.2. The van der Waals surface area contributed by atoms with Gasteiger partial charge in [-0.15, -0.1) is 0 Å². The van der Waals surface area contributed by atoms with Crippen molar-refractivity contribution in [1.82, 2.24) is 10.2 Å². The van der Waals surface area contributed by atoms with Gasteiger partial charge in [-0.05, 0) is 36.5 Å². The van der Waals surface area contributed by atoms with Crippen molar-refractivity contribution in [3.8, 4) is 0 Å². The first kappa shape index (κ1) is 21.5. The molecule has 0 spiro atoms. The van der Waals surface area contributed by atoms with Crippen molar-refractivity contribution in [2.75, 3.05) is 12.4 Å². The van der Waals surface area contributed by atoms with Crippen LogP contribution < -0.4 is 5.32 Å². The maximum Gasteiger partial charge on any atom is 0.461 e. The lowest BCUT2D eigenvalue weighted by Crippen LogP contribution is -2.38. The van der Waals surface area contributed by atoms with Crippen LogP contribution in [0.15, 0.2) is 18.2 Å². The summed E-state index contributed by atoms with van der Waals surface area (Å²) in [6.45, 7) is 0.520. The van der Waals surface area contributed by atoms with Gasteiger partial charge in [0.25, 0.3) is 5.91 Å². The van der Waals surface area contributed by atoms with Crippen LogP contribution in [0.4, 0.5) is 13.2 Å². The van der Waals surface area contributed by atoms with E-state index in [1.807, 2.05) is 0 Å². The topological polar surface area (TPSA) is 49.4 Å². The number of alkyl halides is 3. The van der Waals surface area contributed by atoms with Crippen LogP contribution in [0.1, 0.15) is 60.5 Å². The Kier molecular flexibility index (Phi) is 6.94. The van der Waals surface area contributed by atoms with Crippen molar-refractivity contribution in [2.24, 2.45) is 5.92 Å². The SMILES string of the molecule is O=C(NCC1CCCCCC1)c1cc(C2C(=O)SCN2C(F)(F)F)ccc1Cl. The predicted octanol–water partition coefficient (Wildman–Crippen LogP) is 5.13. The first-order valence-corrected chi connectivity index (χ1v) is 10.7. The zero-order valence-electron chi connectivity index (χ0n) is 15.2. The molecule has 1 aliphatic carbocycles. The molecule has 154 valence electrons. The van der Waals surface area contributed by atoms with Crippen LogP contribution in [0.5, 0.6) is 0 Å². The first-order valence-electron chi connectivity index (χ1n) is 9.35. The van der Waals surface area contributed by atoms with E-state index < -0.39 is 29.2 Å². The lowest BCUT2D eigenvalue weighted by Gasteiger charge is -2.25. The second kappa shape index (κ2) is 9.05. The van der Waals surface area contributed by atoms with Crippen molar-refractivity contribution in [2.45, 2.75) is 50.9 Å². The summed E-state index contributed by atoms with van der Waals surface area (Å²) in [6.07, 6.45) is 2.19. The minimum Gasteiger partial charge on any atom is -0.352 e. The largest absolute Gasteiger partial charge is 0.461 e. The third-order valence-electron chi connectivity index (χ3n) is 5.28. The van der Waals surface area contributed by atoms with Crippen molar-refractivity contribution in [3.05, 3.63) is 34.3 Å². The van der Waals surface area contributed by atoms with Gasteiger partial charge in [-0.2, -0.15) is 18.1 Å². The highest BCUT2D eigenvalue weighted by atomic mass is 35.5. The average Bonchev–Trinajstić information content (AvgIpc) is 2.87. The third kappa shape index (κ3) is 5.02. The number of thioether (sulfide) groups is 1. The monoisotopic (exact) mass is 434 g/mol. The maximum atomic E-state index is 13.2. The van der Waals surface area contributed by atoms with Gasteiger partial charge in [0, 0.05) is 6.54 Å². The van der Waals surface area contributed by atoms with Gasteiger partial charge in [0.15, 0.2) is 0 Å². The second-order valence-electron chi connectivity index (χ2n) is 7.24. The zero-order chi connectivity index (χ0) is 20.3. The fraction of sp³-hybridized carbons (Fsp3) is 0.579. The van der Waals surface area contributed by atoms with E-state index in [4.69, 9.17) is 11.6 Å². The van der Waals surface area contributed by atoms with Crippen LogP contribution in [0.2, 0.25) is 5.02 Å². The molecule has 3 rings (SSSR count). The number of nitrogens with one attached hydrogen (secondary N) is 1. The molecule has 2 aliphatic rings. The minimum absolute atomic E-state index is 0.0969. The van der Waals surface area contributed by atoms with Gasteiger partial charge in [0.05, 0.1) is 16.5 Å². The number of hydrogen-bond acceptors (Lipinski definition) is 4. The highest BCUT2D eigenvalue weighted by molar-refractivity contribution is 8.14. The molecule has 1 aromatic rings. The molecule has 1 N–H and O–H groups in total. The molecule has 0 bridgehead atoms.